The Kier molecular flexibility index (Phi) is 7.47. The Morgan fingerprint density at radius 1 is 1.00 bits per heavy atom. The Labute approximate surface area is 122 Å². The summed E-state index contributed by atoms with van der Waals surface area (Å²) in [6.07, 6.45) is 14.4. The minimum atomic E-state index is 0.618. The highest BCUT2D eigenvalue weighted by Gasteiger charge is 2.45. The first-order valence-corrected chi connectivity index (χ1v) is 9.01. The highest BCUT2D eigenvalue weighted by atomic mass is 14.5. The highest BCUT2D eigenvalue weighted by molar-refractivity contribution is 4.95. The Morgan fingerprint density at radius 2 is 1.68 bits per heavy atom. The summed E-state index contributed by atoms with van der Waals surface area (Å²) in [6, 6.07) is 0. The number of hydrogen-bond donors (Lipinski definition) is 0. The van der Waals surface area contributed by atoms with Crippen molar-refractivity contribution >= 4 is 0 Å². The molecule has 1 rings (SSSR count). The lowest BCUT2D eigenvalue weighted by atomic mass is 9.80. The van der Waals surface area contributed by atoms with Crippen LogP contribution in [0, 0.1) is 23.2 Å². The van der Waals surface area contributed by atoms with Crippen molar-refractivity contribution in [3.05, 3.63) is 0 Å². The van der Waals surface area contributed by atoms with Gasteiger partial charge < -0.3 is 0 Å². The normalized spacial score (nSPS) is 24.5. The molecule has 0 aromatic rings. The molecule has 1 aliphatic carbocycles. The van der Waals surface area contributed by atoms with Gasteiger partial charge >= 0.3 is 0 Å². The summed E-state index contributed by atoms with van der Waals surface area (Å²) < 4.78 is 0. The summed E-state index contributed by atoms with van der Waals surface area (Å²) in [7, 11) is 0. The fourth-order valence-electron chi connectivity index (χ4n) is 3.85. The van der Waals surface area contributed by atoms with E-state index in [1.165, 1.54) is 64.2 Å². The van der Waals surface area contributed by atoms with Crippen LogP contribution in [0.15, 0.2) is 0 Å². The molecule has 3 unspecified atom stereocenters. The molecule has 0 aliphatic heterocycles. The molecule has 1 fully saturated rings. The largest absolute Gasteiger partial charge is 0.0654 e. The van der Waals surface area contributed by atoms with E-state index in [4.69, 9.17) is 0 Å². The standard InChI is InChI=1S/C19H38/c1-6-8-12-16(3)13-9-10-14-19(4,5)18-15-17(18)11-7-2/h16-18H,6-15H2,1-5H3. The molecule has 0 nitrogen and oxygen atoms in total. The van der Waals surface area contributed by atoms with Crippen molar-refractivity contribution in [1.29, 1.82) is 0 Å². The second-order valence-electron chi connectivity index (χ2n) is 7.87. The zero-order valence-corrected chi connectivity index (χ0v) is 14.3. The summed E-state index contributed by atoms with van der Waals surface area (Å²) in [5, 5.41) is 0. The van der Waals surface area contributed by atoms with Gasteiger partial charge in [0.1, 0.15) is 0 Å². The van der Waals surface area contributed by atoms with Gasteiger partial charge in [-0.15, -0.1) is 0 Å². The van der Waals surface area contributed by atoms with Gasteiger partial charge in [0.15, 0.2) is 0 Å². The Balaban J connectivity index is 2.08. The minimum absolute atomic E-state index is 0.618. The molecule has 114 valence electrons. The van der Waals surface area contributed by atoms with Crippen molar-refractivity contribution in [3.63, 3.8) is 0 Å². The van der Waals surface area contributed by atoms with E-state index >= 15 is 0 Å². The number of unbranched alkanes of at least 4 members (excludes halogenated alkanes) is 2. The highest BCUT2D eigenvalue weighted by Crippen LogP contribution is 2.54. The minimum Gasteiger partial charge on any atom is -0.0654 e. The molecule has 3 atom stereocenters. The van der Waals surface area contributed by atoms with Crippen LogP contribution in [0.5, 0.6) is 0 Å². The van der Waals surface area contributed by atoms with Crippen molar-refractivity contribution in [2.45, 2.75) is 98.8 Å². The quantitative estimate of drug-likeness (QED) is 0.359. The average molecular weight is 267 g/mol. The van der Waals surface area contributed by atoms with E-state index in [0.717, 1.165) is 17.8 Å². The van der Waals surface area contributed by atoms with Crippen LogP contribution in [0.4, 0.5) is 0 Å². The first-order chi connectivity index (χ1) is 9.01. The fourth-order valence-corrected chi connectivity index (χ4v) is 3.85. The second-order valence-corrected chi connectivity index (χ2v) is 7.87. The summed E-state index contributed by atoms with van der Waals surface area (Å²) in [4.78, 5) is 0. The van der Waals surface area contributed by atoms with Crippen LogP contribution in [0.1, 0.15) is 98.8 Å². The van der Waals surface area contributed by atoms with E-state index in [1.807, 2.05) is 0 Å². The molecule has 1 aliphatic rings. The first kappa shape index (κ1) is 17.1. The fraction of sp³-hybridized carbons (Fsp3) is 1.00. The predicted octanol–water partition coefficient (Wildman–Crippen LogP) is 6.84. The van der Waals surface area contributed by atoms with Gasteiger partial charge in [-0.05, 0) is 36.0 Å². The SMILES string of the molecule is CCCCC(C)CCCCC(C)(C)C1CC1CCC. The maximum atomic E-state index is 2.52. The number of hydrogen-bond acceptors (Lipinski definition) is 0. The molecule has 0 N–H and O–H groups in total. The first-order valence-electron chi connectivity index (χ1n) is 9.01. The third-order valence-corrected chi connectivity index (χ3v) is 5.40. The predicted molar refractivity (Wildman–Crippen MR) is 87.4 cm³/mol. The van der Waals surface area contributed by atoms with E-state index in [-0.39, 0.29) is 0 Å². The molecule has 0 aromatic carbocycles. The van der Waals surface area contributed by atoms with Crippen molar-refractivity contribution < 1.29 is 0 Å². The third kappa shape index (κ3) is 6.32. The monoisotopic (exact) mass is 266 g/mol. The Hall–Kier alpha value is 0. The van der Waals surface area contributed by atoms with Gasteiger partial charge in [0.05, 0.1) is 0 Å². The van der Waals surface area contributed by atoms with Crippen LogP contribution < -0.4 is 0 Å². The molecule has 0 heteroatoms. The lowest BCUT2D eigenvalue weighted by Gasteiger charge is -2.25. The molecule has 0 aromatic heterocycles. The molecular formula is C19H38. The zero-order valence-electron chi connectivity index (χ0n) is 14.3. The summed E-state index contributed by atoms with van der Waals surface area (Å²) in [6.45, 7) is 12.1. The van der Waals surface area contributed by atoms with Crippen LogP contribution in [0.2, 0.25) is 0 Å². The van der Waals surface area contributed by atoms with E-state index in [2.05, 4.69) is 34.6 Å². The molecule has 19 heavy (non-hydrogen) atoms. The van der Waals surface area contributed by atoms with E-state index < -0.39 is 0 Å². The zero-order chi connectivity index (χ0) is 14.3. The molecule has 0 amide bonds. The summed E-state index contributed by atoms with van der Waals surface area (Å²) in [5.41, 5.74) is 0.618. The van der Waals surface area contributed by atoms with Gasteiger partial charge in [-0.1, -0.05) is 86.0 Å². The van der Waals surface area contributed by atoms with Crippen LogP contribution in [-0.2, 0) is 0 Å². The maximum Gasteiger partial charge on any atom is -0.0323 e. The molecule has 0 saturated heterocycles. The lowest BCUT2D eigenvalue weighted by Crippen LogP contribution is -2.15. The summed E-state index contributed by atoms with van der Waals surface area (Å²) >= 11 is 0. The van der Waals surface area contributed by atoms with E-state index in [0.29, 0.717) is 5.41 Å². The van der Waals surface area contributed by atoms with Crippen molar-refractivity contribution in [2.75, 3.05) is 0 Å². The van der Waals surface area contributed by atoms with Crippen LogP contribution in [-0.4, -0.2) is 0 Å². The average Bonchev–Trinajstić information content (AvgIpc) is 3.13. The summed E-state index contributed by atoms with van der Waals surface area (Å²) in [5.74, 6) is 3.07. The van der Waals surface area contributed by atoms with Crippen molar-refractivity contribution in [1.82, 2.24) is 0 Å². The molecule has 0 bridgehead atoms. The van der Waals surface area contributed by atoms with Gasteiger partial charge in [-0.3, -0.25) is 0 Å². The van der Waals surface area contributed by atoms with Gasteiger partial charge in [-0.2, -0.15) is 0 Å². The smallest absolute Gasteiger partial charge is 0.0323 e. The Morgan fingerprint density at radius 3 is 2.32 bits per heavy atom. The van der Waals surface area contributed by atoms with Gasteiger partial charge in [0.2, 0.25) is 0 Å². The number of rotatable bonds is 11. The molecule has 0 heterocycles. The van der Waals surface area contributed by atoms with E-state index in [9.17, 15) is 0 Å². The van der Waals surface area contributed by atoms with E-state index in [1.54, 1.807) is 0 Å². The van der Waals surface area contributed by atoms with Crippen LogP contribution in [0.25, 0.3) is 0 Å². The van der Waals surface area contributed by atoms with Crippen molar-refractivity contribution in [3.8, 4) is 0 Å². The molecular weight excluding hydrogens is 228 g/mol. The van der Waals surface area contributed by atoms with Crippen LogP contribution >= 0.6 is 0 Å². The topological polar surface area (TPSA) is 0 Å². The lowest BCUT2D eigenvalue weighted by molar-refractivity contribution is 0.252. The maximum absolute atomic E-state index is 2.52. The van der Waals surface area contributed by atoms with Crippen LogP contribution in [0.3, 0.4) is 0 Å². The van der Waals surface area contributed by atoms with Gasteiger partial charge in [0.25, 0.3) is 0 Å². The third-order valence-electron chi connectivity index (χ3n) is 5.40. The Bertz CT molecular complexity index is 228. The molecule has 1 saturated carbocycles. The van der Waals surface area contributed by atoms with Gasteiger partial charge in [-0.25, -0.2) is 0 Å². The second kappa shape index (κ2) is 8.32. The van der Waals surface area contributed by atoms with Crippen molar-refractivity contribution in [2.24, 2.45) is 23.2 Å². The van der Waals surface area contributed by atoms with Gasteiger partial charge in [0, 0.05) is 0 Å². The molecule has 0 spiro atoms. The molecule has 0 radical (unpaired) electrons.